The molecule has 1 aromatic carbocycles. The Labute approximate surface area is 137 Å². The van der Waals surface area contributed by atoms with Crippen LogP contribution >= 0.6 is 11.8 Å². The average molecular weight is 322 g/mol. The van der Waals surface area contributed by atoms with Gasteiger partial charge in [-0.25, -0.2) is 0 Å². The number of nitrogens with one attached hydrogen (secondary N) is 1. The summed E-state index contributed by atoms with van der Waals surface area (Å²) in [5.41, 5.74) is 1.36. The molecule has 0 atom stereocenters. The van der Waals surface area contributed by atoms with Gasteiger partial charge in [0, 0.05) is 29.1 Å². The Morgan fingerprint density at radius 3 is 2.09 bits per heavy atom. The van der Waals surface area contributed by atoms with Gasteiger partial charge in [-0.2, -0.15) is 0 Å². The van der Waals surface area contributed by atoms with E-state index in [1.54, 1.807) is 40.9 Å². The van der Waals surface area contributed by atoms with Crippen molar-refractivity contribution in [2.75, 3.05) is 24.2 Å². The SMILES string of the molecule is CCN(CC)C(=O)c1ccc(NC(=O)CSC(C)(C)C)cc1. The lowest BCUT2D eigenvalue weighted by atomic mass is 10.2. The minimum Gasteiger partial charge on any atom is -0.339 e. The summed E-state index contributed by atoms with van der Waals surface area (Å²) >= 11 is 1.61. The van der Waals surface area contributed by atoms with Crippen LogP contribution in [0.1, 0.15) is 45.0 Å². The second kappa shape index (κ2) is 8.22. The number of nitrogens with zero attached hydrogens (tertiary/aromatic N) is 1. The van der Waals surface area contributed by atoms with Crippen molar-refractivity contribution in [3.8, 4) is 0 Å². The van der Waals surface area contributed by atoms with E-state index < -0.39 is 0 Å². The van der Waals surface area contributed by atoms with Crippen molar-refractivity contribution in [2.24, 2.45) is 0 Å². The predicted octanol–water partition coefficient (Wildman–Crippen LogP) is 3.64. The van der Waals surface area contributed by atoms with Crippen LogP contribution < -0.4 is 5.32 Å². The molecule has 0 saturated heterocycles. The zero-order chi connectivity index (χ0) is 16.8. The lowest BCUT2D eigenvalue weighted by molar-refractivity contribution is -0.113. The molecular weight excluding hydrogens is 296 g/mol. The zero-order valence-electron chi connectivity index (χ0n) is 14.1. The highest BCUT2D eigenvalue weighted by atomic mass is 32.2. The molecule has 0 aliphatic heterocycles. The van der Waals surface area contributed by atoms with E-state index >= 15 is 0 Å². The van der Waals surface area contributed by atoms with Crippen LogP contribution in [0.2, 0.25) is 0 Å². The molecule has 0 fully saturated rings. The van der Waals surface area contributed by atoms with Gasteiger partial charge in [-0.05, 0) is 38.1 Å². The number of carbonyl (C=O) groups is 2. The van der Waals surface area contributed by atoms with Crippen molar-refractivity contribution in [3.63, 3.8) is 0 Å². The molecule has 5 heteroatoms. The molecule has 0 aromatic heterocycles. The first-order valence-electron chi connectivity index (χ1n) is 7.60. The van der Waals surface area contributed by atoms with E-state index in [4.69, 9.17) is 0 Å². The van der Waals surface area contributed by atoms with Crippen molar-refractivity contribution in [2.45, 2.75) is 39.4 Å². The normalized spacial score (nSPS) is 11.1. The second-order valence-electron chi connectivity index (χ2n) is 6.00. The molecule has 0 bridgehead atoms. The van der Waals surface area contributed by atoms with Crippen LogP contribution in [0.4, 0.5) is 5.69 Å². The van der Waals surface area contributed by atoms with E-state index in [1.807, 2.05) is 13.8 Å². The fraction of sp³-hybridized carbons (Fsp3) is 0.529. The fourth-order valence-electron chi connectivity index (χ4n) is 1.87. The summed E-state index contributed by atoms with van der Waals surface area (Å²) in [4.78, 5) is 25.8. The van der Waals surface area contributed by atoms with Crippen molar-refractivity contribution in [1.82, 2.24) is 4.90 Å². The Morgan fingerprint density at radius 2 is 1.64 bits per heavy atom. The fourth-order valence-corrected chi connectivity index (χ4v) is 2.50. The summed E-state index contributed by atoms with van der Waals surface area (Å²) in [7, 11) is 0. The summed E-state index contributed by atoms with van der Waals surface area (Å²) in [6, 6.07) is 7.06. The monoisotopic (exact) mass is 322 g/mol. The molecule has 22 heavy (non-hydrogen) atoms. The Bertz CT molecular complexity index is 502. The number of anilines is 1. The lowest BCUT2D eigenvalue weighted by Gasteiger charge is -2.19. The topological polar surface area (TPSA) is 49.4 Å². The quantitative estimate of drug-likeness (QED) is 0.870. The maximum Gasteiger partial charge on any atom is 0.253 e. The summed E-state index contributed by atoms with van der Waals surface area (Å²) in [5, 5.41) is 2.85. The van der Waals surface area contributed by atoms with Gasteiger partial charge >= 0.3 is 0 Å². The third kappa shape index (κ3) is 6.10. The number of benzene rings is 1. The average Bonchev–Trinajstić information content (AvgIpc) is 2.46. The largest absolute Gasteiger partial charge is 0.339 e. The van der Waals surface area contributed by atoms with Gasteiger partial charge in [-0.3, -0.25) is 9.59 Å². The minimum absolute atomic E-state index is 0.0196. The molecule has 1 rings (SSSR count). The Morgan fingerprint density at radius 1 is 1.09 bits per heavy atom. The van der Waals surface area contributed by atoms with Crippen LogP contribution in [0.25, 0.3) is 0 Å². The third-order valence-corrected chi connectivity index (χ3v) is 4.38. The molecule has 0 aliphatic carbocycles. The van der Waals surface area contributed by atoms with Crippen LogP contribution in [0, 0.1) is 0 Å². The van der Waals surface area contributed by atoms with Crippen LogP contribution in [0.15, 0.2) is 24.3 Å². The highest BCUT2D eigenvalue weighted by Crippen LogP contribution is 2.23. The molecule has 0 unspecified atom stereocenters. The highest BCUT2D eigenvalue weighted by Gasteiger charge is 2.14. The zero-order valence-corrected chi connectivity index (χ0v) is 14.9. The van der Waals surface area contributed by atoms with E-state index in [0.717, 1.165) is 5.69 Å². The van der Waals surface area contributed by atoms with Crippen molar-refractivity contribution in [1.29, 1.82) is 0 Å². The molecule has 0 radical (unpaired) electrons. The van der Waals surface area contributed by atoms with Crippen LogP contribution in [-0.2, 0) is 4.79 Å². The number of hydrogen-bond donors (Lipinski definition) is 1. The summed E-state index contributed by atoms with van der Waals surface area (Å²) in [6.45, 7) is 11.6. The van der Waals surface area contributed by atoms with Crippen molar-refractivity contribution in [3.05, 3.63) is 29.8 Å². The van der Waals surface area contributed by atoms with Gasteiger partial charge in [0.15, 0.2) is 0 Å². The Kier molecular flexibility index (Phi) is 6.94. The van der Waals surface area contributed by atoms with Gasteiger partial charge in [0.1, 0.15) is 0 Å². The van der Waals surface area contributed by atoms with Crippen molar-refractivity contribution < 1.29 is 9.59 Å². The molecule has 1 N–H and O–H groups in total. The Balaban J connectivity index is 2.62. The van der Waals surface area contributed by atoms with E-state index in [1.165, 1.54) is 0 Å². The maximum atomic E-state index is 12.2. The molecular formula is C17H26N2O2S. The minimum atomic E-state index is -0.0252. The first kappa shape index (κ1) is 18.6. The first-order valence-corrected chi connectivity index (χ1v) is 8.58. The second-order valence-corrected chi connectivity index (χ2v) is 7.81. The van der Waals surface area contributed by atoms with E-state index in [9.17, 15) is 9.59 Å². The first-order chi connectivity index (χ1) is 10.3. The molecule has 1 aromatic rings. The molecule has 0 saturated carbocycles. The van der Waals surface area contributed by atoms with Crippen LogP contribution in [0.3, 0.4) is 0 Å². The summed E-state index contributed by atoms with van der Waals surface area (Å²) in [5.74, 6) is 0.415. The summed E-state index contributed by atoms with van der Waals surface area (Å²) in [6.07, 6.45) is 0. The van der Waals surface area contributed by atoms with Gasteiger partial charge < -0.3 is 10.2 Å². The number of carbonyl (C=O) groups excluding carboxylic acids is 2. The molecule has 0 aliphatic rings. The van der Waals surface area contributed by atoms with Gasteiger partial charge in [-0.1, -0.05) is 20.8 Å². The molecule has 2 amide bonds. The number of rotatable bonds is 6. The van der Waals surface area contributed by atoms with Crippen LogP contribution in [0.5, 0.6) is 0 Å². The van der Waals surface area contributed by atoms with E-state index in [-0.39, 0.29) is 16.6 Å². The van der Waals surface area contributed by atoms with Crippen LogP contribution in [-0.4, -0.2) is 40.3 Å². The number of amides is 2. The van der Waals surface area contributed by atoms with Gasteiger partial charge in [0.25, 0.3) is 5.91 Å². The molecule has 0 heterocycles. The highest BCUT2D eigenvalue weighted by molar-refractivity contribution is 8.01. The molecule has 4 nitrogen and oxygen atoms in total. The van der Waals surface area contributed by atoms with E-state index in [0.29, 0.717) is 24.4 Å². The standard InChI is InChI=1S/C17H26N2O2S/c1-6-19(7-2)16(21)13-8-10-14(11-9-13)18-15(20)12-22-17(3,4)5/h8-11H,6-7,12H2,1-5H3,(H,18,20). The third-order valence-electron chi connectivity index (χ3n) is 3.10. The smallest absolute Gasteiger partial charge is 0.253 e. The number of thioether (sulfide) groups is 1. The lowest BCUT2D eigenvalue weighted by Crippen LogP contribution is -2.30. The number of hydrogen-bond acceptors (Lipinski definition) is 3. The van der Waals surface area contributed by atoms with E-state index in [2.05, 4.69) is 26.1 Å². The van der Waals surface area contributed by atoms with Gasteiger partial charge in [-0.15, -0.1) is 11.8 Å². The Hall–Kier alpha value is -1.49. The predicted molar refractivity (Wildman–Crippen MR) is 94.5 cm³/mol. The van der Waals surface area contributed by atoms with Gasteiger partial charge in [0.2, 0.25) is 5.91 Å². The molecule has 0 spiro atoms. The summed E-state index contributed by atoms with van der Waals surface area (Å²) < 4.78 is 0.0668. The molecule has 122 valence electrons. The van der Waals surface area contributed by atoms with Crippen molar-refractivity contribution >= 4 is 29.3 Å². The van der Waals surface area contributed by atoms with Gasteiger partial charge in [0.05, 0.1) is 5.75 Å². The maximum absolute atomic E-state index is 12.2.